The van der Waals surface area contributed by atoms with Gasteiger partial charge in [0.1, 0.15) is 0 Å². The molecule has 0 bridgehead atoms. The second-order valence-corrected chi connectivity index (χ2v) is 4.82. The van der Waals surface area contributed by atoms with Crippen LogP contribution in [-0.2, 0) is 6.42 Å². The molecule has 0 unspecified atom stereocenters. The fourth-order valence-electron chi connectivity index (χ4n) is 0.791. The van der Waals surface area contributed by atoms with E-state index in [1.807, 2.05) is 0 Å². The van der Waals surface area contributed by atoms with Crippen LogP contribution >= 0.6 is 43.2 Å². The Bertz CT molecular complexity index is 234. The van der Waals surface area contributed by atoms with Crippen molar-refractivity contribution in [2.45, 2.75) is 12.8 Å². The quantitative estimate of drug-likeness (QED) is 0.911. The summed E-state index contributed by atoms with van der Waals surface area (Å²) in [6.07, 6.45) is 2.14. The number of aryl methyl sites for hydroxylation is 1. The Hall–Kier alpha value is 0.620. The van der Waals surface area contributed by atoms with E-state index in [0.717, 1.165) is 23.9 Å². The standard InChI is InChI=1S/C7H9Br2NS/c8-5-4-11-6(7(5)9)2-1-3-10/h4H,1-3,10H2. The zero-order valence-corrected chi connectivity index (χ0v) is 9.93. The summed E-state index contributed by atoms with van der Waals surface area (Å²) in [6, 6.07) is 0. The summed E-state index contributed by atoms with van der Waals surface area (Å²) < 4.78 is 2.34. The van der Waals surface area contributed by atoms with Gasteiger partial charge in [0.25, 0.3) is 0 Å². The molecule has 0 fully saturated rings. The minimum absolute atomic E-state index is 0.766. The molecular formula is C7H9Br2NS. The predicted molar refractivity (Wildman–Crippen MR) is 57.1 cm³/mol. The highest BCUT2D eigenvalue weighted by molar-refractivity contribution is 9.13. The molecule has 0 aliphatic heterocycles. The zero-order valence-electron chi connectivity index (χ0n) is 5.94. The third kappa shape index (κ3) is 2.54. The van der Waals surface area contributed by atoms with Gasteiger partial charge in [-0.1, -0.05) is 0 Å². The monoisotopic (exact) mass is 297 g/mol. The van der Waals surface area contributed by atoms with Gasteiger partial charge < -0.3 is 5.73 Å². The van der Waals surface area contributed by atoms with Crippen molar-refractivity contribution in [1.82, 2.24) is 0 Å². The number of rotatable bonds is 3. The van der Waals surface area contributed by atoms with E-state index >= 15 is 0 Å². The molecule has 0 aliphatic rings. The fourth-order valence-corrected chi connectivity index (χ4v) is 3.03. The Kier molecular flexibility index (Phi) is 4.06. The van der Waals surface area contributed by atoms with Crippen LogP contribution < -0.4 is 5.73 Å². The number of halogens is 2. The molecule has 0 radical (unpaired) electrons. The zero-order chi connectivity index (χ0) is 8.27. The second-order valence-electron chi connectivity index (χ2n) is 2.21. The van der Waals surface area contributed by atoms with Gasteiger partial charge in [-0.2, -0.15) is 0 Å². The summed E-state index contributed by atoms with van der Waals surface area (Å²) in [5.41, 5.74) is 5.41. The predicted octanol–water partition coefficient (Wildman–Crippen LogP) is 3.16. The Morgan fingerprint density at radius 2 is 2.18 bits per heavy atom. The minimum Gasteiger partial charge on any atom is -0.330 e. The lowest BCUT2D eigenvalue weighted by molar-refractivity contribution is 0.841. The smallest absolute Gasteiger partial charge is 0.0456 e. The fraction of sp³-hybridized carbons (Fsp3) is 0.429. The highest BCUT2D eigenvalue weighted by Gasteiger charge is 2.05. The number of thiophene rings is 1. The van der Waals surface area contributed by atoms with Gasteiger partial charge in [-0.15, -0.1) is 11.3 Å². The summed E-state index contributed by atoms with van der Waals surface area (Å²) in [5.74, 6) is 0. The van der Waals surface area contributed by atoms with Crippen molar-refractivity contribution in [3.05, 3.63) is 19.2 Å². The summed E-state index contributed by atoms with van der Waals surface area (Å²) in [4.78, 5) is 1.38. The van der Waals surface area contributed by atoms with E-state index in [1.54, 1.807) is 11.3 Å². The van der Waals surface area contributed by atoms with Gasteiger partial charge in [0.05, 0.1) is 0 Å². The molecule has 0 atom stereocenters. The van der Waals surface area contributed by atoms with Gasteiger partial charge in [0.15, 0.2) is 0 Å². The lowest BCUT2D eigenvalue weighted by atomic mass is 10.3. The highest BCUT2D eigenvalue weighted by atomic mass is 79.9. The van der Waals surface area contributed by atoms with Crippen molar-refractivity contribution in [2.24, 2.45) is 5.73 Å². The van der Waals surface area contributed by atoms with E-state index in [2.05, 4.69) is 37.2 Å². The van der Waals surface area contributed by atoms with Crippen molar-refractivity contribution >= 4 is 43.2 Å². The first kappa shape index (κ1) is 9.71. The van der Waals surface area contributed by atoms with E-state index in [4.69, 9.17) is 5.73 Å². The van der Waals surface area contributed by atoms with Gasteiger partial charge in [-0.25, -0.2) is 0 Å². The van der Waals surface area contributed by atoms with Crippen LogP contribution in [-0.4, -0.2) is 6.54 Å². The summed E-state index contributed by atoms with van der Waals surface area (Å²) in [5, 5.41) is 2.09. The van der Waals surface area contributed by atoms with E-state index < -0.39 is 0 Å². The first-order valence-corrected chi connectivity index (χ1v) is 5.83. The van der Waals surface area contributed by atoms with Crippen molar-refractivity contribution in [2.75, 3.05) is 6.54 Å². The third-order valence-electron chi connectivity index (χ3n) is 1.37. The Morgan fingerprint density at radius 3 is 2.64 bits per heavy atom. The maximum Gasteiger partial charge on any atom is 0.0456 e. The average Bonchev–Trinajstić information content (AvgIpc) is 2.31. The van der Waals surface area contributed by atoms with Gasteiger partial charge in [0, 0.05) is 19.2 Å². The molecule has 1 rings (SSSR count). The Morgan fingerprint density at radius 1 is 1.45 bits per heavy atom. The maximum absolute atomic E-state index is 5.41. The molecule has 0 aromatic carbocycles. The molecule has 1 aromatic heterocycles. The normalized spacial score (nSPS) is 10.5. The lowest BCUT2D eigenvalue weighted by Crippen LogP contribution is -1.99. The van der Waals surface area contributed by atoms with Crippen LogP contribution in [0.25, 0.3) is 0 Å². The summed E-state index contributed by atoms with van der Waals surface area (Å²) in [6.45, 7) is 0.766. The van der Waals surface area contributed by atoms with Crippen LogP contribution in [0.15, 0.2) is 14.3 Å². The van der Waals surface area contributed by atoms with E-state index in [-0.39, 0.29) is 0 Å². The molecule has 11 heavy (non-hydrogen) atoms. The first-order chi connectivity index (χ1) is 5.25. The van der Waals surface area contributed by atoms with Crippen LogP contribution in [0.4, 0.5) is 0 Å². The van der Waals surface area contributed by atoms with Crippen molar-refractivity contribution in [3.8, 4) is 0 Å². The minimum atomic E-state index is 0.766. The Labute approximate surface area is 87.2 Å². The maximum atomic E-state index is 5.41. The largest absolute Gasteiger partial charge is 0.330 e. The molecule has 0 spiro atoms. The highest BCUT2D eigenvalue weighted by Crippen LogP contribution is 2.33. The molecule has 1 aromatic rings. The summed E-state index contributed by atoms with van der Waals surface area (Å²) >= 11 is 8.71. The van der Waals surface area contributed by atoms with Crippen LogP contribution in [0.2, 0.25) is 0 Å². The lowest BCUT2D eigenvalue weighted by Gasteiger charge is -1.95. The van der Waals surface area contributed by atoms with E-state index in [0.29, 0.717) is 0 Å². The summed E-state index contributed by atoms with van der Waals surface area (Å²) in [7, 11) is 0. The molecule has 2 N–H and O–H groups in total. The molecule has 62 valence electrons. The molecule has 4 heteroatoms. The van der Waals surface area contributed by atoms with Crippen molar-refractivity contribution < 1.29 is 0 Å². The van der Waals surface area contributed by atoms with Gasteiger partial charge >= 0.3 is 0 Å². The second kappa shape index (κ2) is 4.60. The first-order valence-electron chi connectivity index (χ1n) is 3.37. The number of nitrogens with two attached hydrogens (primary N) is 1. The third-order valence-corrected chi connectivity index (χ3v) is 5.04. The molecule has 1 nitrogen and oxygen atoms in total. The van der Waals surface area contributed by atoms with Crippen LogP contribution in [0, 0.1) is 0 Å². The SMILES string of the molecule is NCCCc1scc(Br)c1Br. The van der Waals surface area contributed by atoms with Gasteiger partial charge in [-0.05, 0) is 51.2 Å². The molecule has 0 aliphatic carbocycles. The Balaban J connectivity index is 2.63. The topological polar surface area (TPSA) is 26.0 Å². The van der Waals surface area contributed by atoms with E-state index in [1.165, 1.54) is 9.35 Å². The van der Waals surface area contributed by atoms with Gasteiger partial charge in [0.2, 0.25) is 0 Å². The van der Waals surface area contributed by atoms with Crippen LogP contribution in [0.5, 0.6) is 0 Å². The average molecular weight is 299 g/mol. The number of hydrogen-bond acceptors (Lipinski definition) is 2. The molecular weight excluding hydrogens is 290 g/mol. The van der Waals surface area contributed by atoms with Crippen LogP contribution in [0.1, 0.15) is 11.3 Å². The molecule has 0 amide bonds. The molecule has 0 saturated heterocycles. The molecule has 0 saturated carbocycles. The van der Waals surface area contributed by atoms with E-state index in [9.17, 15) is 0 Å². The number of hydrogen-bond donors (Lipinski definition) is 1. The molecule has 1 heterocycles. The van der Waals surface area contributed by atoms with Gasteiger partial charge in [-0.3, -0.25) is 0 Å². The van der Waals surface area contributed by atoms with Crippen LogP contribution in [0.3, 0.4) is 0 Å². The van der Waals surface area contributed by atoms with Crippen molar-refractivity contribution in [1.29, 1.82) is 0 Å². The van der Waals surface area contributed by atoms with Crippen molar-refractivity contribution in [3.63, 3.8) is 0 Å².